The Morgan fingerprint density at radius 3 is 2.70 bits per heavy atom. The van der Waals surface area contributed by atoms with Crippen molar-refractivity contribution in [1.29, 1.82) is 0 Å². The number of rotatable bonds is 10. The van der Waals surface area contributed by atoms with E-state index in [1.54, 1.807) is 24.5 Å². The molecule has 33 heavy (non-hydrogen) atoms. The fraction of sp³-hybridized carbons (Fsp3) is 0.296. The molecule has 4 rings (SSSR count). The maximum atomic E-state index is 12.2. The molecule has 2 heterocycles. The number of hydrogen-bond donors (Lipinski definition) is 1. The van der Waals surface area contributed by atoms with Gasteiger partial charge in [-0.25, -0.2) is 4.98 Å². The van der Waals surface area contributed by atoms with Crippen LogP contribution in [0.3, 0.4) is 0 Å². The standard InChI is InChI=1S/C27H30N4O2/c1-20(2)22-10-3-6-13-25(22)33-18-17-31-24-12-5-4-11-23(24)30-26(31)14-8-16-29-27(32)21-9-7-15-28-19-21/h3-7,9-13,15,19-20H,8,14,16-18H2,1-2H3,(H,29,32). The van der Waals surface area contributed by atoms with Gasteiger partial charge in [-0.05, 0) is 48.2 Å². The molecule has 170 valence electrons. The second kappa shape index (κ2) is 10.8. The number of fused-ring (bicyclic) bond motifs is 1. The number of hydrogen-bond acceptors (Lipinski definition) is 4. The number of para-hydroxylation sites is 3. The number of amides is 1. The first-order valence-corrected chi connectivity index (χ1v) is 11.5. The monoisotopic (exact) mass is 442 g/mol. The van der Waals surface area contributed by atoms with Gasteiger partial charge in [0.25, 0.3) is 5.91 Å². The van der Waals surface area contributed by atoms with Gasteiger partial charge in [0.1, 0.15) is 18.2 Å². The van der Waals surface area contributed by atoms with Crippen LogP contribution >= 0.6 is 0 Å². The number of imidazole rings is 1. The zero-order chi connectivity index (χ0) is 23.0. The van der Waals surface area contributed by atoms with Crippen molar-refractivity contribution in [3.8, 4) is 5.75 Å². The second-order valence-corrected chi connectivity index (χ2v) is 8.31. The summed E-state index contributed by atoms with van der Waals surface area (Å²) < 4.78 is 8.40. The van der Waals surface area contributed by atoms with Crippen LogP contribution < -0.4 is 10.1 Å². The molecule has 1 N–H and O–H groups in total. The largest absolute Gasteiger partial charge is 0.491 e. The van der Waals surface area contributed by atoms with Crippen LogP contribution in [0.25, 0.3) is 11.0 Å². The summed E-state index contributed by atoms with van der Waals surface area (Å²) in [5, 5.41) is 2.96. The number of benzene rings is 2. The van der Waals surface area contributed by atoms with Crippen molar-refractivity contribution >= 4 is 16.9 Å². The number of nitrogens with one attached hydrogen (secondary N) is 1. The molecule has 0 fully saturated rings. The molecule has 0 bridgehead atoms. The van der Waals surface area contributed by atoms with Crippen molar-refractivity contribution in [3.05, 3.63) is 90.0 Å². The van der Waals surface area contributed by atoms with Gasteiger partial charge in [0.05, 0.1) is 23.1 Å². The number of carbonyl (C=O) groups excluding carboxylic acids is 1. The summed E-state index contributed by atoms with van der Waals surface area (Å²) in [5.41, 5.74) is 3.88. The highest BCUT2D eigenvalue weighted by atomic mass is 16.5. The maximum absolute atomic E-state index is 12.2. The lowest BCUT2D eigenvalue weighted by Gasteiger charge is -2.15. The number of aromatic nitrogens is 3. The van der Waals surface area contributed by atoms with Crippen molar-refractivity contribution in [1.82, 2.24) is 19.9 Å². The quantitative estimate of drug-likeness (QED) is 0.351. The molecule has 0 unspecified atom stereocenters. The molecule has 0 saturated heterocycles. The van der Waals surface area contributed by atoms with E-state index >= 15 is 0 Å². The summed E-state index contributed by atoms with van der Waals surface area (Å²) in [4.78, 5) is 21.1. The van der Waals surface area contributed by atoms with E-state index in [4.69, 9.17) is 9.72 Å². The van der Waals surface area contributed by atoms with Gasteiger partial charge in [0.2, 0.25) is 0 Å². The van der Waals surface area contributed by atoms with Gasteiger partial charge in [-0.1, -0.05) is 44.2 Å². The van der Waals surface area contributed by atoms with E-state index in [0.29, 0.717) is 31.2 Å². The molecule has 0 radical (unpaired) electrons. The van der Waals surface area contributed by atoms with Gasteiger partial charge in [0, 0.05) is 25.4 Å². The van der Waals surface area contributed by atoms with Crippen LogP contribution in [0, 0.1) is 0 Å². The van der Waals surface area contributed by atoms with Crippen molar-refractivity contribution in [2.45, 2.75) is 39.2 Å². The number of nitrogens with zero attached hydrogens (tertiary/aromatic N) is 3. The SMILES string of the molecule is CC(C)c1ccccc1OCCn1c(CCCNC(=O)c2cccnc2)nc2ccccc21. The molecule has 0 aliphatic heterocycles. The zero-order valence-corrected chi connectivity index (χ0v) is 19.2. The van der Waals surface area contributed by atoms with E-state index in [9.17, 15) is 4.79 Å². The van der Waals surface area contributed by atoms with Crippen LogP contribution in [0.2, 0.25) is 0 Å². The molecule has 2 aromatic heterocycles. The van der Waals surface area contributed by atoms with E-state index in [1.807, 2.05) is 30.3 Å². The highest BCUT2D eigenvalue weighted by molar-refractivity contribution is 5.93. The molecular weight excluding hydrogens is 412 g/mol. The molecule has 1 amide bonds. The van der Waals surface area contributed by atoms with Gasteiger partial charge in [-0.3, -0.25) is 9.78 Å². The van der Waals surface area contributed by atoms with Crippen molar-refractivity contribution in [2.75, 3.05) is 13.2 Å². The molecule has 6 heteroatoms. The van der Waals surface area contributed by atoms with Crippen LogP contribution in [0.1, 0.15) is 47.9 Å². The van der Waals surface area contributed by atoms with Crippen LogP contribution in [0.5, 0.6) is 5.75 Å². The fourth-order valence-corrected chi connectivity index (χ4v) is 3.95. The first kappa shape index (κ1) is 22.5. The summed E-state index contributed by atoms with van der Waals surface area (Å²) in [6.07, 6.45) is 4.80. The Morgan fingerprint density at radius 2 is 1.88 bits per heavy atom. The molecular formula is C27H30N4O2. The van der Waals surface area contributed by atoms with Gasteiger partial charge in [-0.2, -0.15) is 0 Å². The summed E-state index contributed by atoms with van der Waals surface area (Å²) in [5.74, 6) is 2.26. The van der Waals surface area contributed by atoms with Gasteiger partial charge < -0.3 is 14.6 Å². The molecule has 0 atom stereocenters. The first-order valence-electron chi connectivity index (χ1n) is 11.5. The predicted molar refractivity (Wildman–Crippen MR) is 131 cm³/mol. The molecule has 2 aromatic carbocycles. The topological polar surface area (TPSA) is 69.0 Å². The van der Waals surface area contributed by atoms with Gasteiger partial charge in [0.15, 0.2) is 0 Å². The lowest BCUT2D eigenvalue weighted by Crippen LogP contribution is -2.25. The van der Waals surface area contributed by atoms with Crippen LogP contribution in [0.4, 0.5) is 0 Å². The molecule has 0 saturated carbocycles. The Hall–Kier alpha value is -3.67. The van der Waals surface area contributed by atoms with Crippen LogP contribution in [-0.4, -0.2) is 33.6 Å². The third-order valence-corrected chi connectivity index (χ3v) is 5.63. The first-order chi connectivity index (χ1) is 16.1. The molecule has 0 spiro atoms. The molecule has 0 aliphatic carbocycles. The lowest BCUT2D eigenvalue weighted by molar-refractivity contribution is 0.0952. The molecule has 0 aliphatic rings. The van der Waals surface area contributed by atoms with Gasteiger partial charge >= 0.3 is 0 Å². The summed E-state index contributed by atoms with van der Waals surface area (Å²) in [6.45, 7) is 6.21. The van der Waals surface area contributed by atoms with E-state index in [-0.39, 0.29) is 5.91 Å². The van der Waals surface area contributed by atoms with Crippen molar-refractivity contribution < 1.29 is 9.53 Å². The Kier molecular flexibility index (Phi) is 7.35. The summed E-state index contributed by atoms with van der Waals surface area (Å²) in [6, 6.07) is 19.9. The number of aryl methyl sites for hydroxylation is 1. The van der Waals surface area contributed by atoms with Gasteiger partial charge in [-0.15, -0.1) is 0 Å². The Morgan fingerprint density at radius 1 is 1.06 bits per heavy atom. The van der Waals surface area contributed by atoms with E-state index in [2.05, 4.69) is 46.9 Å². The van der Waals surface area contributed by atoms with E-state index < -0.39 is 0 Å². The summed E-state index contributed by atoms with van der Waals surface area (Å²) >= 11 is 0. The predicted octanol–water partition coefficient (Wildman–Crippen LogP) is 5.00. The molecule has 4 aromatic rings. The Labute approximate surface area is 194 Å². The molecule has 6 nitrogen and oxygen atoms in total. The van der Waals surface area contributed by atoms with Crippen LogP contribution in [0.15, 0.2) is 73.1 Å². The number of ether oxygens (including phenoxy) is 1. The highest BCUT2D eigenvalue weighted by Crippen LogP contribution is 2.26. The van der Waals surface area contributed by atoms with Crippen LogP contribution in [-0.2, 0) is 13.0 Å². The average Bonchev–Trinajstić information content (AvgIpc) is 3.20. The highest BCUT2D eigenvalue weighted by Gasteiger charge is 2.12. The zero-order valence-electron chi connectivity index (χ0n) is 19.2. The second-order valence-electron chi connectivity index (χ2n) is 8.31. The third kappa shape index (κ3) is 5.58. The lowest BCUT2D eigenvalue weighted by atomic mass is 10.0. The smallest absolute Gasteiger partial charge is 0.252 e. The van der Waals surface area contributed by atoms with Crippen molar-refractivity contribution in [3.63, 3.8) is 0 Å². The maximum Gasteiger partial charge on any atom is 0.252 e. The average molecular weight is 443 g/mol. The minimum atomic E-state index is -0.103. The normalized spacial score (nSPS) is 11.1. The Bertz CT molecular complexity index is 1200. The van der Waals surface area contributed by atoms with Crippen molar-refractivity contribution in [2.24, 2.45) is 0 Å². The fourth-order valence-electron chi connectivity index (χ4n) is 3.95. The van der Waals surface area contributed by atoms with E-state index in [0.717, 1.165) is 35.4 Å². The minimum Gasteiger partial charge on any atom is -0.491 e. The number of pyridine rings is 1. The van der Waals surface area contributed by atoms with E-state index in [1.165, 1.54) is 5.56 Å². The third-order valence-electron chi connectivity index (χ3n) is 5.63. The summed E-state index contributed by atoms with van der Waals surface area (Å²) in [7, 11) is 0. The minimum absolute atomic E-state index is 0.103. The Balaban J connectivity index is 1.39. The number of carbonyl (C=O) groups is 1.